The van der Waals surface area contributed by atoms with Crippen molar-refractivity contribution in [3.05, 3.63) is 41.0 Å². The van der Waals surface area contributed by atoms with E-state index in [4.69, 9.17) is 4.74 Å². The molecule has 0 bridgehead atoms. The van der Waals surface area contributed by atoms with Gasteiger partial charge in [-0.2, -0.15) is 5.10 Å². The van der Waals surface area contributed by atoms with Gasteiger partial charge in [-0.3, -0.25) is 9.67 Å². The number of aromatic nitrogens is 3. The van der Waals surface area contributed by atoms with Crippen LogP contribution in [0.15, 0.2) is 18.5 Å². The molecule has 0 aromatic carbocycles. The van der Waals surface area contributed by atoms with Gasteiger partial charge in [-0.1, -0.05) is 0 Å². The average Bonchev–Trinajstić information content (AvgIpc) is 2.80. The van der Waals surface area contributed by atoms with Gasteiger partial charge in [0.2, 0.25) is 0 Å². The second-order valence-electron chi connectivity index (χ2n) is 6.34. The molecule has 7 nitrogen and oxygen atoms in total. The van der Waals surface area contributed by atoms with Crippen molar-refractivity contribution >= 4 is 6.03 Å². The number of ether oxygens (including phenoxy) is 1. The predicted octanol–water partition coefficient (Wildman–Crippen LogP) is 2.43. The second kappa shape index (κ2) is 8.00. The fourth-order valence-corrected chi connectivity index (χ4v) is 2.93. The minimum atomic E-state index is -0.210. The van der Waals surface area contributed by atoms with Gasteiger partial charge in [0.1, 0.15) is 5.75 Å². The zero-order chi connectivity index (χ0) is 18.6. The summed E-state index contributed by atoms with van der Waals surface area (Å²) < 4.78 is 7.16. The van der Waals surface area contributed by atoms with Crippen molar-refractivity contribution in [1.29, 1.82) is 0 Å². The van der Waals surface area contributed by atoms with Crippen LogP contribution in [0.3, 0.4) is 0 Å². The molecule has 2 unspecified atom stereocenters. The average molecular weight is 345 g/mol. The summed E-state index contributed by atoms with van der Waals surface area (Å²) in [7, 11) is 3.52. The normalized spacial score (nSPS) is 13.2. The van der Waals surface area contributed by atoms with Crippen LogP contribution < -0.4 is 15.4 Å². The van der Waals surface area contributed by atoms with Crippen molar-refractivity contribution in [2.45, 2.75) is 46.2 Å². The van der Waals surface area contributed by atoms with Crippen LogP contribution in [-0.2, 0) is 13.5 Å². The van der Waals surface area contributed by atoms with Crippen LogP contribution in [0.4, 0.5) is 4.79 Å². The highest BCUT2D eigenvalue weighted by atomic mass is 16.5. The molecule has 0 aliphatic carbocycles. The fourth-order valence-electron chi connectivity index (χ4n) is 2.93. The summed E-state index contributed by atoms with van der Waals surface area (Å²) in [6.45, 7) is 7.94. The van der Waals surface area contributed by atoms with Crippen molar-refractivity contribution < 1.29 is 9.53 Å². The van der Waals surface area contributed by atoms with E-state index in [1.165, 1.54) is 5.56 Å². The van der Waals surface area contributed by atoms with Crippen LogP contribution in [0, 0.1) is 13.8 Å². The van der Waals surface area contributed by atoms with E-state index in [9.17, 15) is 4.79 Å². The Morgan fingerprint density at radius 1 is 1.32 bits per heavy atom. The molecule has 2 rings (SSSR count). The number of pyridine rings is 1. The predicted molar refractivity (Wildman–Crippen MR) is 96.7 cm³/mol. The van der Waals surface area contributed by atoms with Gasteiger partial charge in [0.25, 0.3) is 0 Å². The third-order valence-corrected chi connectivity index (χ3v) is 4.40. The minimum Gasteiger partial charge on any atom is -0.495 e. The molecule has 7 heteroatoms. The Balaban J connectivity index is 1.95. The number of hydrogen-bond acceptors (Lipinski definition) is 4. The highest BCUT2D eigenvalue weighted by Gasteiger charge is 2.17. The lowest BCUT2D eigenvalue weighted by Gasteiger charge is -2.20. The van der Waals surface area contributed by atoms with Gasteiger partial charge in [-0.25, -0.2) is 4.79 Å². The number of methoxy groups -OCH3 is 1. The third kappa shape index (κ3) is 4.49. The number of carbonyl (C=O) groups excluding carboxylic acids is 1. The Morgan fingerprint density at radius 3 is 2.64 bits per heavy atom. The van der Waals surface area contributed by atoms with Crippen LogP contribution >= 0.6 is 0 Å². The van der Waals surface area contributed by atoms with E-state index < -0.39 is 0 Å². The maximum atomic E-state index is 12.3. The van der Waals surface area contributed by atoms with Crippen LogP contribution in [0.5, 0.6) is 5.75 Å². The Morgan fingerprint density at radius 2 is 2.04 bits per heavy atom. The molecule has 0 fully saturated rings. The van der Waals surface area contributed by atoms with Gasteiger partial charge in [-0.15, -0.1) is 0 Å². The summed E-state index contributed by atoms with van der Waals surface area (Å²) >= 11 is 0. The molecule has 136 valence electrons. The molecule has 2 heterocycles. The third-order valence-electron chi connectivity index (χ3n) is 4.40. The summed E-state index contributed by atoms with van der Waals surface area (Å²) in [4.78, 5) is 16.3. The van der Waals surface area contributed by atoms with Gasteiger partial charge in [0.05, 0.1) is 25.0 Å². The van der Waals surface area contributed by atoms with Crippen molar-refractivity contribution in [3.63, 3.8) is 0 Å². The van der Waals surface area contributed by atoms with Crippen LogP contribution in [0.2, 0.25) is 0 Å². The van der Waals surface area contributed by atoms with Gasteiger partial charge in [0.15, 0.2) is 0 Å². The summed E-state index contributed by atoms with van der Waals surface area (Å²) in [5, 5.41) is 10.3. The smallest absolute Gasteiger partial charge is 0.315 e. The molecular weight excluding hydrogens is 318 g/mol. The van der Waals surface area contributed by atoms with Gasteiger partial charge >= 0.3 is 6.03 Å². The lowest BCUT2D eigenvalue weighted by Crippen LogP contribution is -2.42. The maximum absolute atomic E-state index is 12.3. The van der Waals surface area contributed by atoms with E-state index in [-0.39, 0.29) is 18.1 Å². The molecule has 2 aromatic heterocycles. The van der Waals surface area contributed by atoms with E-state index in [1.54, 1.807) is 19.5 Å². The molecule has 2 atom stereocenters. The van der Waals surface area contributed by atoms with Crippen molar-refractivity contribution in [1.82, 2.24) is 25.4 Å². The topological polar surface area (TPSA) is 81.1 Å². The molecule has 0 saturated heterocycles. The standard InChI is InChI=1S/C18H27N5O2/c1-11(9-16-13(3)22-23(5)14(16)4)20-18(24)21-12(2)15-7-8-19-10-17(15)25-6/h7-8,10-12H,9H2,1-6H3,(H2,20,21,24). The first kappa shape index (κ1) is 18.8. The first-order valence-electron chi connectivity index (χ1n) is 8.37. The van der Waals surface area contributed by atoms with E-state index >= 15 is 0 Å². The highest BCUT2D eigenvalue weighted by Crippen LogP contribution is 2.23. The molecule has 2 amide bonds. The quantitative estimate of drug-likeness (QED) is 0.842. The molecule has 0 radical (unpaired) electrons. The van der Waals surface area contributed by atoms with Gasteiger partial charge < -0.3 is 15.4 Å². The molecule has 2 aromatic rings. The molecule has 25 heavy (non-hydrogen) atoms. The van der Waals surface area contributed by atoms with Crippen LogP contribution in [-0.4, -0.2) is 33.9 Å². The Hall–Kier alpha value is -2.57. The molecule has 0 aliphatic heterocycles. The first-order chi connectivity index (χ1) is 11.8. The number of nitrogens with one attached hydrogen (secondary N) is 2. The molecule has 0 spiro atoms. The number of nitrogens with zero attached hydrogens (tertiary/aromatic N) is 3. The summed E-state index contributed by atoms with van der Waals surface area (Å²) in [6, 6.07) is 1.44. The van der Waals surface area contributed by atoms with Gasteiger partial charge in [0, 0.05) is 30.5 Å². The zero-order valence-electron chi connectivity index (χ0n) is 15.8. The zero-order valence-corrected chi connectivity index (χ0v) is 15.8. The lowest BCUT2D eigenvalue weighted by molar-refractivity contribution is 0.234. The van der Waals surface area contributed by atoms with E-state index in [0.29, 0.717) is 5.75 Å². The van der Waals surface area contributed by atoms with Crippen LogP contribution in [0.25, 0.3) is 0 Å². The SMILES string of the molecule is COc1cnccc1C(C)NC(=O)NC(C)Cc1c(C)nn(C)c1C. The fraction of sp³-hybridized carbons (Fsp3) is 0.500. The number of hydrogen-bond donors (Lipinski definition) is 2. The lowest BCUT2D eigenvalue weighted by atomic mass is 10.1. The molecule has 2 N–H and O–H groups in total. The van der Waals surface area contributed by atoms with E-state index in [0.717, 1.165) is 23.4 Å². The minimum absolute atomic E-state index is 0.00636. The maximum Gasteiger partial charge on any atom is 0.315 e. The highest BCUT2D eigenvalue weighted by molar-refractivity contribution is 5.74. The number of aryl methyl sites for hydroxylation is 2. The summed E-state index contributed by atoms with van der Waals surface area (Å²) in [5.41, 5.74) is 4.20. The molecule has 0 aliphatic rings. The summed E-state index contributed by atoms with van der Waals surface area (Å²) in [5.74, 6) is 0.657. The monoisotopic (exact) mass is 345 g/mol. The van der Waals surface area contributed by atoms with E-state index in [1.807, 2.05) is 45.5 Å². The Kier molecular flexibility index (Phi) is 6.01. The van der Waals surface area contributed by atoms with Crippen molar-refractivity contribution in [2.24, 2.45) is 7.05 Å². The van der Waals surface area contributed by atoms with Crippen LogP contribution in [0.1, 0.15) is 42.4 Å². The Labute approximate surface area is 148 Å². The summed E-state index contributed by atoms with van der Waals surface area (Å²) in [6.07, 6.45) is 4.07. The Bertz CT molecular complexity index is 741. The molecule has 0 saturated carbocycles. The van der Waals surface area contributed by atoms with Gasteiger partial charge in [-0.05, 0) is 45.7 Å². The molecular formula is C18H27N5O2. The van der Waals surface area contributed by atoms with Crippen molar-refractivity contribution in [2.75, 3.05) is 7.11 Å². The first-order valence-corrected chi connectivity index (χ1v) is 8.37. The largest absolute Gasteiger partial charge is 0.495 e. The number of urea groups is 1. The van der Waals surface area contributed by atoms with Crippen molar-refractivity contribution in [3.8, 4) is 5.75 Å². The number of rotatable bonds is 6. The second-order valence-corrected chi connectivity index (χ2v) is 6.34. The van der Waals surface area contributed by atoms with E-state index in [2.05, 4.69) is 20.7 Å². The number of amides is 2. The number of carbonyl (C=O) groups is 1.